The Kier molecular flexibility index (Phi) is 6.10. The molecule has 0 bridgehead atoms. The van der Waals surface area contributed by atoms with E-state index in [1.165, 1.54) is 0 Å². The van der Waals surface area contributed by atoms with Gasteiger partial charge in [-0.25, -0.2) is 13.6 Å². The molecule has 3 atom stereocenters. The Bertz CT molecular complexity index is 1320. The lowest BCUT2D eigenvalue weighted by atomic mass is 9.81. The number of likely N-dealkylation sites (N-methyl/N-ethyl adjacent to an activating group) is 1. The Balaban J connectivity index is 1.50. The zero-order valence-corrected chi connectivity index (χ0v) is 19.1. The summed E-state index contributed by atoms with van der Waals surface area (Å²) in [5.74, 6) is 4.89. The van der Waals surface area contributed by atoms with Gasteiger partial charge in [-0.3, -0.25) is 4.98 Å². The Morgan fingerprint density at radius 1 is 1.17 bits per heavy atom. The Hall–Kier alpha value is -3.96. The van der Waals surface area contributed by atoms with E-state index in [0.717, 1.165) is 40.6 Å². The van der Waals surface area contributed by atoms with Crippen LogP contribution in [0.3, 0.4) is 0 Å². The van der Waals surface area contributed by atoms with Crippen molar-refractivity contribution in [1.82, 2.24) is 9.88 Å². The number of aliphatic hydroxyl groups is 1. The number of hydrogen-bond acceptors (Lipinski definition) is 4. The van der Waals surface area contributed by atoms with Crippen molar-refractivity contribution in [3.8, 4) is 11.8 Å². The van der Waals surface area contributed by atoms with Crippen LogP contribution in [0.25, 0.3) is 0 Å². The lowest BCUT2D eigenvalue weighted by Gasteiger charge is -2.44. The van der Waals surface area contributed by atoms with Gasteiger partial charge in [-0.05, 0) is 54.4 Å². The maximum atomic E-state index is 14.2. The minimum absolute atomic E-state index is 0.0258. The number of carbonyl (C=O) groups is 1. The van der Waals surface area contributed by atoms with Gasteiger partial charge in [-0.2, -0.15) is 0 Å². The number of likely N-dealkylation sites (tertiary alicyclic amines) is 1. The largest absolute Gasteiger partial charge is 0.394 e. The molecule has 3 aromatic rings. The molecule has 6 nitrogen and oxygen atoms in total. The van der Waals surface area contributed by atoms with E-state index >= 15 is 0 Å². The van der Waals surface area contributed by atoms with Crippen molar-refractivity contribution in [2.45, 2.75) is 18.5 Å². The Morgan fingerprint density at radius 3 is 2.77 bits per heavy atom. The second kappa shape index (κ2) is 9.35. The van der Waals surface area contributed by atoms with E-state index in [9.17, 15) is 18.7 Å². The first kappa shape index (κ1) is 22.8. The number of fused-ring (bicyclic) bond motifs is 3. The van der Waals surface area contributed by atoms with Gasteiger partial charge in [0.2, 0.25) is 0 Å². The monoisotopic (exact) mass is 474 g/mol. The summed E-state index contributed by atoms with van der Waals surface area (Å²) in [7, 11) is 1.93. The first-order valence-electron chi connectivity index (χ1n) is 11.4. The summed E-state index contributed by atoms with van der Waals surface area (Å²) in [6.45, 7) is 0.362. The molecule has 8 heteroatoms. The quantitative estimate of drug-likeness (QED) is 0.548. The summed E-state index contributed by atoms with van der Waals surface area (Å²) in [6, 6.07) is 11.4. The van der Waals surface area contributed by atoms with Crippen molar-refractivity contribution in [1.29, 1.82) is 0 Å². The number of anilines is 2. The highest BCUT2D eigenvalue weighted by atomic mass is 19.1. The number of carbonyl (C=O) groups excluding carboxylic acids is 1. The molecule has 1 saturated heterocycles. The van der Waals surface area contributed by atoms with E-state index in [1.54, 1.807) is 17.3 Å². The zero-order chi connectivity index (χ0) is 24.5. The molecule has 5 rings (SSSR count). The molecule has 0 unspecified atom stereocenters. The molecule has 0 saturated carbocycles. The van der Waals surface area contributed by atoms with Gasteiger partial charge in [0.1, 0.15) is 11.6 Å². The summed E-state index contributed by atoms with van der Waals surface area (Å²) in [4.78, 5) is 21.0. The van der Waals surface area contributed by atoms with E-state index in [0.29, 0.717) is 13.0 Å². The maximum absolute atomic E-state index is 14.2. The van der Waals surface area contributed by atoms with Crippen LogP contribution >= 0.6 is 0 Å². The minimum atomic E-state index is -0.708. The number of rotatable bonds is 2. The first-order chi connectivity index (χ1) is 17.0. The number of benzene rings is 2. The van der Waals surface area contributed by atoms with Crippen LogP contribution in [0, 0.1) is 29.4 Å². The average Bonchev–Trinajstić information content (AvgIpc) is 3.31. The number of hydrogen-bond donors (Lipinski definition) is 2. The van der Waals surface area contributed by atoms with Gasteiger partial charge in [0.05, 0.1) is 24.4 Å². The molecule has 2 aliphatic heterocycles. The van der Waals surface area contributed by atoms with Crippen molar-refractivity contribution >= 4 is 17.4 Å². The predicted molar refractivity (Wildman–Crippen MR) is 129 cm³/mol. The van der Waals surface area contributed by atoms with Gasteiger partial charge in [0, 0.05) is 54.8 Å². The number of halogens is 2. The molecule has 35 heavy (non-hydrogen) atoms. The molecule has 1 fully saturated rings. The number of amides is 2. The second-order valence-electron chi connectivity index (χ2n) is 8.77. The van der Waals surface area contributed by atoms with Crippen molar-refractivity contribution in [2.75, 3.05) is 30.4 Å². The highest BCUT2D eigenvalue weighted by Gasteiger charge is 2.47. The van der Waals surface area contributed by atoms with Crippen LogP contribution in [0.2, 0.25) is 0 Å². The van der Waals surface area contributed by atoms with Crippen LogP contribution in [-0.2, 0) is 0 Å². The normalized spacial score (nSPS) is 20.5. The standard InChI is InChI=1S/C27H24F2N4O2/c1-32-24-9-6-17(4-5-18-3-2-11-30-15-18)13-21(24)26-20(25(32)16-34)10-12-33(26)27(35)31-23-14-19(28)7-8-22(23)29/h2-3,6-9,11,13-15,20,25-26,34H,10,12,16H2,1H3,(H,31,35)/t20-,25+,26-/m1/s1. The molecule has 178 valence electrons. The smallest absolute Gasteiger partial charge is 0.322 e. The van der Waals surface area contributed by atoms with Crippen molar-refractivity contribution in [3.63, 3.8) is 0 Å². The van der Waals surface area contributed by atoms with Crippen molar-refractivity contribution < 1.29 is 18.7 Å². The third-order valence-electron chi connectivity index (χ3n) is 6.79. The van der Waals surface area contributed by atoms with Crippen LogP contribution in [0.1, 0.15) is 29.2 Å². The molecule has 2 N–H and O–H groups in total. The summed E-state index contributed by atoms with van der Waals surface area (Å²) >= 11 is 0. The SMILES string of the molecule is CN1c2ccc(C#Cc3cccnc3)cc2[C@H]2[C@H](CCN2C(=O)Nc2cc(F)ccc2F)[C@@H]1CO. The fourth-order valence-corrected chi connectivity index (χ4v) is 5.12. The van der Waals surface area contributed by atoms with Crippen molar-refractivity contribution in [2.24, 2.45) is 5.92 Å². The van der Waals surface area contributed by atoms with Crippen LogP contribution in [0.4, 0.5) is 25.0 Å². The summed E-state index contributed by atoms with van der Waals surface area (Å²) in [5.41, 5.74) is 3.17. The molecule has 2 aliphatic rings. The van der Waals surface area contributed by atoms with Crippen LogP contribution < -0.4 is 10.2 Å². The third-order valence-corrected chi connectivity index (χ3v) is 6.79. The fraction of sp³-hybridized carbons (Fsp3) is 0.259. The Morgan fingerprint density at radius 2 is 2.00 bits per heavy atom. The molecule has 0 radical (unpaired) electrons. The number of nitrogens with one attached hydrogen (secondary N) is 1. The van der Waals surface area contributed by atoms with E-state index < -0.39 is 17.7 Å². The fourth-order valence-electron chi connectivity index (χ4n) is 5.12. The average molecular weight is 475 g/mol. The topological polar surface area (TPSA) is 68.7 Å². The van der Waals surface area contributed by atoms with E-state index in [4.69, 9.17) is 0 Å². The van der Waals surface area contributed by atoms with Crippen LogP contribution in [0.5, 0.6) is 0 Å². The summed E-state index contributed by atoms with van der Waals surface area (Å²) in [5, 5.41) is 12.7. The zero-order valence-electron chi connectivity index (χ0n) is 19.1. The molecule has 3 heterocycles. The van der Waals surface area contributed by atoms with Crippen LogP contribution in [-0.4, -0.2) is 47.3 Å². The lowest BCUT2D eigenvalue weighted by molar-refractivity contribution is 0.168. The first-order valence-corrected chi connectivity index (χ1v) is 11.4. The summed E-state index contributed by atoms with van der Waals surface area (Å²) in [6.07, 6.45) is 4.05. The van der Waals surface area contributed by atoms with Gasteiger partial charge >= 0.3 is 6.03 Å². The number of urea groups is 1. The highest BCUT2D eigenvalue weighted by Crippen LogP contribution is 2.48. The van der Waals surface area contributed by atoms with Gasteiger partial charge in [-0.1, -0.05) is 11.8 Å². The number of aliphatic hydroxyl groups excluding tert-OH is 1. The number of aromatic nitrogens is 1. The molecule has 0 spiro atoms. The molecular weight excluding hydrogens is 450 g/mol. The second-order valence-corrected chi connectivity index (χ2v) is 8.77. The highest BCUT2D eigenvalue weighted by molar-refractivity contribution is 5.90. The van der Waals surface area contributed by atoms with Crippen LogP contribution in [0.15, 0.2) is 60.9 Å². The maximum Gasteiger partial charge on any atom is 0.322 e. The molecule has 1 aromatic heterocycles. The van der Waals surface area contributed by atoms with E-state index in [2.05, 4.69) is 22.1 Å². The number of nitrogens with zero attached hydrogens (tertiary/aromatic N) is 3. The Labute approximate surface area is 202 Å². The van der Waals surface area contributed by atoms with E-state index in [1.807, 2.05) is 42.3 Å². The van der Waals surface area contributed by atoms with Gasteiger partial charge in [-0.15, -0.1) is 0 Å². The molecular formula is C27H24F2N4O2. The molecule has 2 amide bonds. The molecule has 0 aliphatic carbocycles. The van der Waals surface area contributed by atoms with Crippen molar-refractivity contribution in [3.05, 3.63) is 89.2 Å². The minimum Gasteiger partial charge on any atom is -0.394 e. The lowest BCUT2D eigenvalue weighted by Crippen LogP contribution is -2.48. The number of pyridine rings is 1. The molecule has 2 aromatic carbocycles. The van der Waals surface area contributed by atoms with Gasteiger partial charge in [0.25, 0.3) is 0 Å². The summed E-state index contributed by atoms with van der Waals surface area (Å²) < 4.78 is 27.8. The van der Waals surface area contributed by atoms with Gasteiger partial charge < -0.3 is 20.2 Å². The predicted octanol–water partition coefficient (Wildman–Crippen LogP) is 4.17. The third kappa shape index (κ3) is 4.31. The van der Waals surface area contributed by atoms with Gasteiger partial charge in [0.15, 0.2) is 0 Å². The van der Waals surface area contributed by atoms with E-state index in [-0.39, 0.29) is 30.3 Å².